The molecule has 1 aromatic rings. The number of aryl methyl sites for hydroxylation is 1. The van der Waals surface area contributed by atoms with E-state index in [-0.39, 0.29) is 12.6 Å². The van der Waals surface area contributed by atoms with Crippen LogP contribution < -0.4 is 4.74 Å². The van der Waals surface area contributed by atoms with Crippen LogP contribution in [-0.4, -0.2) is 19.2 Å². The zero-order valence-corrected chi connectivity index (χ0v) is 15.6. The van der Waals surface area contributed by atoms with Crippen LogP contribution in [0.3, 0.4) is 0 Å². The van der Waals surface area contributed by atoms with Crippen molar-refractivity contribution in [2.45, 2.75) is 46.5 Å². The molecule has 3 aliphatic rings. The number of benzene rings is 1. The van der Waals surface area contributed by atoms with E-state index in [4.69, 9.17) is 21.1 Å². The number of rotatable bonds is 6. The normalized spacial score (nSPS) is 27.2. The molecule has 3 nitrogen and oxygen atoms in total. The zero-order chi connectivity index (χ0) is 17.3. The Balaban J connectivity index is 1.38. The minimum Gasteiger partial charge on any atom is -0.482 e. The molecule has 0 aromatic heterocycles. The average Bonchev–Trinajstić information content (AvgIpc) is 2.54. The number of hydrogen-bond acceptors (Lipinski definition) is 3. The number of ether oxygens (including phenoxy) is 2. The first-order valence-corrected chi connectivity index (χ1v) is 9.30. The van der Waals surface area contributed by atoms with Crippen LogP contribution in [0.4, 0.5) is 0 Å². The van der Waals surface area contributed by atoms with Crippen molar-refractivity contribution in [1.29, 1.82) is 0 Å². The Morgan fingerprint density at radius 1 is 1.33 bits per heavy atom. The third kappa shape index (κ3) is 3.56. The van der Waals surface area contributed by atoms with Gasteiger partial charge in [0.2, 0.25) is 0 Å². The van der Waals surface area contributed by atoms with Crippen LogP contribution >= 0.6 is 11.6 Å². The number of esters is 1. The highest BCUT2D eigenvalue weighted by Gasteiger charge is 2.53. The fourth-order valence-electron chi connectivity index (χ4n) is 4.59. The van der Waals surface area contributed by atoms with Crippen LogP contribution in [0.25, 0.3) is 0 Å². The second-order valence-electron chi connectivity index (χ2n) is 7.91. The van der Waals surface area contributed by atoms with Crippen LogP contribution in [0.5, 0.6) is 5.75 Å². The summed E-state index contributed by atoms with van der Waals surface area (Å²) in [6, 6.07) is 5.35. The Kier molecular flexibility index (Phi) is 5.10. The maximum Gasteiger partial charge on any atom is 0.344 e. The first-order chi connectivity index (χ1) is 11.4. The first kappa shape index (κ1) is 17.6. The molecular formula is C20H27ClO3. The van der Waals surface area contributed by atoms with Gasteiger partial charge in [-0.15, -0.1) is 0 Å². The van der Waals surface area contributed by atoms with Gasteiger partial charge in [-0.25, -0.2) is 4.79 Å². The van der Waals surface area contributed by atoms with Crippen molar-refractivity contribution in [3.8, 4) is 5.75 Å². The summed E-state index contributed by atoms with van der Waals surface area (Å²) in [6.45, 7) is 7.15. The lowest BCUT2D eigenvalue weighted by molar-refractivity contribution is -0.148. The van der Waals surface area contributed by atoms with Gasteiger partial charge in [0, 0.05) is 5.02 Å². The van der Waals surface area contributed by atoms with E-state index in [0.717, 1.165) is 23.8 Å². The summed E-state index contributed by atoms with van der Waals surface area (Å²) in [5.41, 5.74) is 1.40. The lowest BCUT2D eigenvalue weighted by Gasteiger charge is -2.60. The van der Waals surface area contributed by atoms with Crippen LogP contribution in [-0.2, 0) is 9.53 Å². The molecule has 3 fully saturated rings. The Morgan fingerprint density at radius 3 is 2.79 bits per heavy atom. The first-order valence-electron chi connectivity index (χ1n) is 8.92. The number of fused-ring (bicyclic) bond motifs is 2. The highest BCUT2D eigenvalue weighted by atomic mass is 35.5. The molecule has 0 unspecified atom stereocenters. The minimum absolute atomic E-state index is 0.0515. The van der Waals surface area contributed by atoms with Gasteiger partial charge in [-0.3, -0.25) is 0 Å². The van der Waals surface area contributed by atoms with E-state index < -0.39 is 0 Å². The quantitative estimate of drug-likeness (QED) is 0.675. The third-order valence-corrected chi connectivity index (χ3v) is 6.47. The molecule has 3 saturated carbocycles. The molecule has 0 saturated heterocycles. The largest absolute Gasteiger partial charge is 0.482 e. The summed E-state index contributed by atoms with van der Waals surface area (Å²) in [7, 11) is 0. The smallest absolute Gasteiger partial charge is 0.344 e. The Morgan fingerprint density at radius 2 is 2.12 bits per heavy atom. The molecule has 4 rings (SSSR count). The molecule has 0 amide bonds. The SMILES string of the molecule is Cc1cc(Cl)ccc1OCC(=O)OCC[C@@H]1CC[C@@H]2C[C@@H]1C2(C)C. The van der Waals surface area contributed by atoms with Crippen LogP contribution in [0.15, 0.2) is 18.2 Å². The van der Waals surface area contributed by atoms with E-state index >= 15 is 0 Å². The third-order valence-electron chi connectivity index (χ3n) is 6.24. The molecule has 1 aromatic carbocycles. The van der Waals surface area contributed by atoms with Crippen LogP contribution in [0, 0.1) is 30.1 Å². The molecule has 3 atom stereocenters. The van der Waals surface area contributed by atoms with Gasteiger partial charge in [0.25, 0.3) is 0 Å². The van der Waals surface area contributed by atoms with Crippen molar-refractivity contribution in [2.24, 2.45) is 23.2 Å². The average molecular weight is 351 g/mol. The summed E-state index contributed by atoms with van der Waals surface area (Å²) < 4.78 is 10.9. The van der Waals surface area contributed by atoms with E-state index in [2.05, 4.69) is 13.8 Å². The minimum atomic E-state index is -0.300. The second-order valence-corrected chi connectivity index (χ2v) is 8.34. The van der Waals surface area contributed by atoms with Gasteiger partial charge in [0.15, 0.2) is 6.61 Å². The summed E-state index contributed by atoms with van der Waals surface area (Å²) in [4.78, 5) is 11.9. The Labute approximate surface area is 149 Å². The van der Waals surface area contributed by atoms with Crippen molar-refractivity contribution in [3.63, 3.8) is 0 Å². The van der Waals surface area contributed by atoms with Gasteiger partial charge in [0.1, 0.15) is 5.75 Å². The summed E-state index contributed by atoms with van der Waals surface area (Å²) in [6.07, 6.45) is 4.97. The van der Waals surface area contributed by atoms with Crippen LogP contribution in [0.2, 0.25) is 5.02 Å². The van der Waals surface area contributed by atoms with Gasteiger partial charge in [-0.2, -0.15) is 0 Å². The van der Waals surface area contributed by atoms with E-state index in [1.54, 1.807) is 12.1 Å². The van der Waals surface area contributed by atoms with Gasteiger partial charge >= 0.3 is 5.97 Å². The maximum absolute atomic E-state index is 11.9. The molecular weight excluding hydrogens is 324 g/mol. The zero-order valence-electron chi connectivity index (χ0n) is 14.8. The number of hydrogen-bond donors (Lipinski definition) is 0. The molecule has 4 heteroatoms. The van der Waals surface area contributed by atoms with Gasteiger partial charge < -0.3 is 9.47 Å². The number of carbonyl (C=O) groups is 1. The van der Waals surface area contributed by atoms with E-state index in [1.165, 1.54) is 19.3 Å². The maximum atomic E-state index is 11.9. The molecule has 0 heterocycles. The lowest BCUT2D eigenvalue weighted by Crippen LogP contribution is -2.52. The monoisotopic (exact) mass is 350 g/mol. The molecule has 132 valence electrons. The van der Waals surface area contributed by atoms with Crippen molar-refractivity contribution >= 4 is 17.6 Å². The molecule has 0 aliphatic heterocycles. The molecule has 0 N–H and O–H groups in total. The summed E-state index contributed by atoms with van der Waals surface area (Å²) in [5, 5.41) is 0.663. The fourth-order valence-corrected chi connectivity index (χ4v) is 4.81. The molecule has 3 aliphatic carbocycles. The Bertz CT molecular complexity index is 609. The van der Waals surface area contributed by atoms with Gasteiger partial charge in [-0.1, -0.05) is 25.4 Å². The van der Waals surface area contributed by atoms with E-state index in [0.29, 0.717) is 28.7 Å². The van der Waals surface area contributed by atoms with Gasteiger partial charge in [-0.05, 0) is 79.5 Å². The predicted octanol–water partition coefficient (Wildman–Crippen LogP) is 5.03. The molecule has 24 heavy (non-hydrogen) atoms. The van der Waals surface area contributed by atoms with E-state index in [1.807, 2.05) is 13.0 Å². The molecule has 0 spiro atoms. The summed E-state index contributed by atoms with van der Waals surface area (Å²) in [5.74, 6) is 2.80. The van der Waals surface area contributed by atoms with Gasteiger partial charge in [0.05, 0.1) is 6.61 Å². The lowest BCUT2D eigenvalue weighted by atomic mass is 9.45. The van der Waals surface area contributed by atoms with Crippen molar-refractivity contribution in [3.05, 3.63) is 28.8 Å². The Hall–Kier alpha value is -1.22. The predicted molar refractivity (Wildman–Crippen MR) is 95.4 cm³/mol. The molecule has 0 radical (unpaired) electrons. The van der Waals surface area contributed by atoms with E-state index in [9.17, 15) is 4.79 Å². The second kappa shape index (κ2) is 6.95. The summed E-state index contributed by atoms with van der Waals surface area (Å²) >= 11 is 5.91. The number of carbonyl (C=O) groups excluding carboxylic acids is 1. The van der Waals surface area contributed by atoms with Crippen molar-refractivity contribution < 1.29 is 14.3 Å². The molecule has 2 bridgehead atoms. The highest BCUT2D eigenvalue weighted by molar-refractivity contribution is 6.30. The fraction of sp³-hybridized carbons (Fsp3) is 0.650. The highest BCUT2D eigenvalue weighted by Crippen LogP contribution is 2.61. The topological polar surface area (TPSA) is 35.5 Å². The number of halogens is 1. The van der Waals surface area contributed by atoms with Crippen molar-refractivity contribution in [2.75, 3.05) is 13.2 Å². The standard InChI is InChI=1S/C20H27ClO3/c1-13-10-16(21)6-7-18(13)24-12-19(22)23-9-8-14-4-5-15-11-17(14)20(15,2)3/h6-7,10,14-15,17H,4-5,8-9,11-12H2,1-3H3/t14-,15+,17-/m0/s1. The van der Waals surface area contributed by atoms with Crippen molar-refractivity contribution in [1.82, 2.24) is 0 Å². The van der Waals surface area contributed by atoms with Crippen LogP contribution in [0.1, 0.15) is 45.1 Å².